The third-order valence-electron chi connectivity index (χ3n) is 4.96. The van der Waals surface area contributed by atoms with Crippen molar-refractivity contribution in [3.63, 3.8) is 0 Å². The van der Waals surface area contributed by atoms with E-state index in [0.717, 1.165) is 11.0 Å². The molecule has 9 nitrogen and oxygen atoms in total. The van der Waals surface area contributed by atoms with Crippen LogP contribution in [0.2, 0.25) is 0 Å². The monoisotopic (exact) mass is 472 g/mol. The second-order valence-electron chi connectivity index (χ2n) is 7.31. The molecule has 0 radical (unpaired) electrons. The number of amides is 3. The number of rotatable bonds is 7. The van der Waals surface area contributed by atoms with Crippen molar-refractivity contribution in [1.82, 2.24) is 15.3 Å². The summed E-state index contributed by atoms with van der Waals surface area (Å²) in [6.45, 7) is -0.294. The average Bonchev–Trinajstić information content (AvgIpc) is 3.15. The van der Waals surface area contributed by atoms with E-state index in [9.17, 15) is 27.9 Å². The topological polar surface area (TPSA) is 119 Å². The highest BCUT2D eigenvalue weighted by atomic mass is 19.4. The van der Waals surface area contributed by atoms with Gasteiger partial charge in [0.05, 0.1) is 23.9 Å². The molecule has 0 saturated carbocycles. The summed E-state index contributed by atoms with van der Waals surface area (Å²) >= 11 is 0. The molecule has 1 aromatic heterocycles. The lowest BCUT2D eigenvalue weighted by atomic mass is 10.0. The number of aromatic nitrogens is 2. The van der Waals surface area contributed by atoms with Crippen LogP contribution in [0.3, 0.4) is 0 Å². The Morgan fingerprint density at radius 2 is 1.91 bits per heavy atom. The van der Waals surface area contributed by atoms with Crippen molar-refractivity contribution in [1.29, 1.82) is 0 Å². The second-order valence-corrected chi connectivity index (χ2v) is 7.31. The predicted octanol–water partition coefficient (Wildman–Crippen LogP) is 3.44. The standard InChI is InChI=1S/C22H19F3N6O3/c23-22(24,25)16-7-2-1-6-15(16)17(32)11-27-18-8-9-26-20(30-18)29-13-4-3-5-14(10-13)31-19(33)12-28-21(31)34/h1-10,17,32H,11-12H2,(H,28,34)(H2,26,27,29,30). The van der Waals surface area contributed by atoms with Gasteiger partial charge in [0, 0.05) is 18.4 Å². The zero-order valence-corrected chi connectivity index (χ0v) is 17.5. The largest absolute Gasteiger partial charge is 0.416 e. The van der Waals surface area contributed by atoms with Gasteiger partial charge in [0.1, 0.15) is 5.82 Å². The molecule has 4 rings (SSSR count). The molecule has 4 N–H and O–H groups in total. The number of alkyl halides is 3. The fourth-order valence-corrected chi connectivity index (χ4v) is 3.41. The number of imide groups is 1. The normalized spacial score (nSPS) is 14.6. The highest BCUT2D eigenvalue weighted by molar-refractivity contribution is 6.19. The highest BCUT2D eigenvalue weighted by Gasteiger charge is 2.34. The summed E-state index contributed by atoms with van der Waals surface area (Å²) in [6.07, 6.45) is -4.59. The van der Waals surface area contributed by atoms with Gasteiger partial charge in [-0.3, -0.25) is 4.79 Å². The predicted molar refractivity (Wildman–Crippen MR) is 118 cm³/mol. The molecule has 1 atom stereocenters. The van der Waals surface area contributed by atoms with E-state index in [4.69, 9.17) is 0 Å². The molecule has 0 aliphatic carbocycles. The number of nitrogens with one attached hydrogen (secondary N) is 3. The molecule has 3 aromatic rings. The van der Waals surface area contributed by atoms with Gasteiger partial charge in [-0.25, -0.2) is 14.7 Å². The summed E-state index contributed by atoms with van der Waals surface area (Å²) in [6, 6.07) is 12.3. The molecule has 1 fully saturated rings. The number of aliphatic hydroxyl groups excluding tert-OH is 1. The smallest absolute Gasteiger partial charge is 0.387 e. The van der Waals surface area contributed by atoms with Crippen LogP contribution in [0.1, 0.15) is 17.2 Å². The minimum Gasteiger partial charge on any atom is -0.387 e. The molecule has 176 valence electrons. The Balaban J connectivity index is 1.44. The molecule has 1 aliphatic rings. The molecule has 0 bridgehead atoms. The average molecular weight is 472 g/mol. The van der Waals surface area contributed by atoms with E-state index in [1.54, 1.807) is 24.3 Å². The van der Waals surface area contributed by atoms with Crippen molar-refractivity contribution in [3.05, 3.63) is 71.9 Å². The Morgan fingerprint density at radius 3 is 2.65 bits per heavy atom. The van der Waals surface area contributed by atoms with E-state index in [0.29, 0.717) is 11.4 Å². The summed E-state index contributed by atoms with van der Waals surface area (Å²) in [7, 11) is 0. The first-order valence-electron chi connectivity index (χ1n) is 10.1. The number of aliphatic hydroxyl groups is 1. The van der Waals surface area contributed by atoms with Crippen molar-refractivity contribution < 1.29 is 27.9 Å². The molecule has 2 aromatic carbocycles. The highest BCUT2D eigenvalue weighted by Crippen LogP contribution is 2.34. The molecular weight excluding hydrogens is 453 g/mol. The third-order valence-corrected chi connectivity index (χ3v) is 4.96. The van der Waals surface area contributed by atoms with Crippen LogP contribution in [-0.4, -0.2) is 40.1 Å². The minimum atomic E-state index is -4.58. The van der Waals surface area contributed by atoms with E-state index >= 15 is 0 Å². The van der Waals surface area contributed by atoms with Gasteiger partial charge in [-0.2, -0.15) is 18.2 Å². The van der Waals surface area contributed by atoms with Gasteiger partial charge in [-0.05, 0) is 35.9 Å². The first kappa shape index (κ1) is 23.0. The molecule has 3 amide bonds. The fourth-order valence-electron chi connectivity index (χ4n) is 3.41. The molecule has 2 heterocycles. The van der Waals surface area contributed by atoms with Crippen LogP contribution >= 0.6 is 0 Å². The minimum absolute atomic E-state index is 0.0768. The van der Waals surface area contributed by atoms with E-state index < -0.39 is 23.9 Å². The fraction of sp³-hybridized carbons (Fsp3) is 0.182. The van der Waals surface area contributed by atoms with E-state index in [1.807, 2.05) is 0 Å². The zero-order chi connectivity index (χ0) is 24.3. The van der Waals surface area contributed by atoms with Crippen molar-refractivity contribution in [2.75, 3.05) is 28.6 Å². The molecule has 12 heteroatoms. The van der Waals surface area contributed by atoms with Crippen molar-refractivity contribution in [2.24, 2.45) is 0 Å². The number of benzene rings is 2. The molecule has 0 spiro atoms. The van der Waals surface area contributed by atoms with Gasteiger partial charge in [-0.15, -0.1) is 0 Å². The number of urea groups is 1. The maximum Gasteiger partial charge on any atom is 0.416 e. The van der Waals surface area contributed by atoms with Crippen LogP contribution in [0, 0.1) is 0 Å². The lowest BCUT2D eigenvalue weighted by Crippen LogP contribution is -2.30. The van der Waals surface area contributed by atoms with Gasteiger partial charge in [0.15, 0.2) is 0 Å². The maximum atomic E-state index is 13.2. The number of nitrogens with zero attached hydrogens (tertiary/aromatic N) is 3. The number of carbonyl (C=O) groups excluding carboxylic acids is 2. The summed E-state index contributed by atoms with van der Waals surface area (Å²) in [5.74, 6) is 0.0473. The Labute approximate surface area is 191 Å². The number of anilines is 4. The van der Waals surface area contributed by atoms with Crippen LogP contribution in [0.25, 0.3) is 0 Å². The Hall–Kier alpha value is -4.19. The molecule has 1 unspecified atom stereocenters. The molecule has 34 heavy (non-hydrogen) atoms. The number of halogens is 3. The number of carbonyl (C=O) groups is 2. The van der Waals surface area contributed by atoms with Crippen LogP contribution in [0.5, 0.6) is 0 Å². The van der Waals surface area contributed by atoms with Gasteiger partial charge >= 0.3 is 12.2 Å². The van der Waals surface area contributed by atoms with E-state index in [-0.39, 0.29) is 36.3 Å². The Morgan fingerprint density at radius 1 is 1.12 bits per heavy atom. The van der Waals surface area contributed by atoms with Gasteiger partial charge < -0.3 is 21.1 Å². The number of hydrogen-bond donors (Lipinski definition) is 4. The lowest BCUT2D eigenvalue weighted by Gasteiger charge is -2.18. The third kappa shape index (κ3) is 5.07. The van der Waals surface area contributed by atoms with Crippen LogP contribution < -0.4 is 20.9 Å². The summed E-state index contributed by atoms with van der Waals surface area (Å²) in [5.41, 5.74) is -0.279. The van der Waals surface area contributed by atoms with Crippen LogP contribution in [0.15, 0.2) is 60.8 Å². The van der Waals surface area contributed by atoms with Gasteiger partial charge in [0.2, 0.25) is 5.95 Å². The molecule has 1 aliphatic heterocycles. The molecule has 1 saturated heterocycles. The molecular formula is C22H19F3N6O3. The van der Waals surface area contributed by atoms with E-state index in [2.05, 4.69) is 25.9 Å². The number of hydrogen-bond acceptors (Lipinski definition) is 7. The van der Waals surface area contributed by atoms with Crippen LogP contribution in [-0.2, 0) is 11.0 Å². The lowest BCUT2D eigenvalue weighted by molar-refractivity contribution is -0.139. The van der Waals surface area contributed by atoms with Crippen molar-refractivity contribution in [2.45, 2.75) is 12.3 Å². The zero-order valence-electron chi connectivity index (χ0n) is 17.5. The maximum absolute atomic E-state index is 13.2. The first-order valence-corrected chi connectivity index (χ1v) is 10.1. The Kier molecular flexibility index (Phi) is 6.32. The van der Waals surface area contributed by atoms with Gasteiger partial charge in [-0.1, -0.05) is 24.3 Å². The van der Waals surface area contributed by atoms with Gasteiger partial charge in [0.25, 0.3) is 5.91 Å². The SMILES string of the molecule is O=C1CNC(=O)N1c1cccc(Nc2nccc(NCC(O)c3ccccc3C(F)(F)F)n2)c1. The quantitative estimate of drug-likeness (QED) is 0.389. The van der Waals surface area contributed by atoms with Crippen molar-refractivity contribution >= 4 is 35.1 Å². The summed E-state index contributed by atoms with van der Waals surface area (Å²) < 4.78 is 39.6. The Bertz CT molecular complexity index is 1200. The summed E-state index contributed by atoms with van der Waals surface area (Å²) in [5, 5.41) is 18.5. The van der Waals surface area contributed by atoms with Crippen LogP contribution in [0.4, 0.5) is 41.1 Å². The summed E-state index contributed by atoms with van der Waals surface area (Å²) in [4.78, 5) is 33.1. The van der Waals surface area contributed by atoms with E-state index in [1.165, 1.54) is 30.5 Å². The first-order chi connectivity index (χ1) is 16.2. The second kappa shape index (κ2) is 9.35. The van der Waals surface area contributed by atoms with Crippen molar-refractivity contribution in [3.8, 4) is 0 Å².